The summed E-state index contributed by atoms with van der Waals surface area (Å²) in [6.07, 6.45) is 6.01. The molecule has 0 spiro atoms. The van der Waals surface area contributed by atoms with Gasteiger partial charge >= 0.3 is 0 Å². The maximum atomic E-state index is 6.02. The molecule has 0 radical (unpaired) electrons. The van der Waals surface area contributed by atoms with Gasteiger partial charge in [-0.05, 0) is 18.8 Å². The zero-order valence-electron chi connectivity index (χ0n) is 11.5. The van der Waals surface area contributed by atoms with Crippen LogP contribution in [0.2, 0.25) is 0 Å². The van der Waals surface area contributed by atoms with E-state index in [4.69, 9.17) is 11.6 Å². The van der Waals surface area contributed by atoms with E-state index in [0.29, 0.717) is 11.8 Å². The summed E-state index contributed by atoms with van der Waals surface area (Å²) in [6, 6.07) is 0. The van der Waals surface area contributed by atoms with E-state index < -0.39 is 0 Å². The molecule has 1 aromatic heterocycles. The molecule has 0 aliphatic heterocycles. The van der Waals surface area contributed by atoms with Gasteiger partial charge in [0.25, 0.3) is 0 Å². The van der Waals surface area contributed by atoms with Gasteiger partial charge in [-0.3, -0.25) is 0 Å². The lowest BCUT2D eigenvalue weighted by Crippen LogP contribution is -2.30. The van der Waals surface area contributed by atoms with Crippen LogP contribution < -0.4 is 4.90 Å². The predicted molar refractivity (Wildman–Crippen MR) is 76.3 cm³/mol. The van der Waals surface area contributed by atoms with Crippen molar-refractivity contribution in [1.29, 1.82) is 0 Å². The van der Waals surface area contributed by atoms with Gasteiger partial charge in [0.05, 0.1) is 23.5 Å². The fourth-order valence-electron chi connectivity index (χ4n) is 2.28. The zero-order valence-corrected chi connectivity index (χ0v) is 12.2. The largest absolute Gasteiger partial charge is 0.372 e. The minimum absolute atomic E-state index is 0.345. The number of aromatic nitrogens is 2. The third-order valence-electron chi connectivity index (χ3n) is 3.68. The Labute approximate surface area is 115 Å². The standard InChI is InChI=1S/C14H22ClN3/c1-10(2)14-16-8-13(12(7-15)17-14)18(3)9-11-5-4-6-11/h8,10-11H,4-7,9H2,1-3H3. The van der Waals surface area contributed by atoms with Gasteiger partial charge in [0, 0.05) is 19.5 Å². The Morgan fingerprint density at radius 1 is 1.44 bits per heavy atom. The summed E-state index contributed by atoms with van der Waals surface area (Å²) in [5.41, 5.74) is 2.04. The highest BCUT2D eigenvalue weighted by Crippen LogP contribution is 2.29. The average Bonchev–Trinajstić information content (AvgIpc) is 2.32. The van der Waals surface area contributed by atoms with E-state index in [1.807, 2.05) is 6.20 Å². The highest BCUT2D eigenvalue weighted by molar-refractivity contribution is 6.17. The fourth-order valence-corrected chi connectivity index (χ4v) is 2.48. The molecule has 1 fully saturated rings. The molecular weight excluding hydrogens is 246 g/mol. The maximum Gasteiger partial charge on any atom is 0.131 e. The summed E-state index contributed by atoms with van der Waals surface area (Å²) < 4.78 is 0. The molecular formula is C14H22ClN3. The number of hydrogen-bond acceptors (Lipinski definition) is 3. The first-order chi connectivity index (χ1) is 8.61. The van der Waals surface area contributed by atoms with Gasteiger partial charge < -0.3 is 4.90 Å². The van der Waals surface area contributed by atoms with E-state index in [2.05, 4.69) is 35.8 Å². The van der Waals surface area contributed by atoms with Crippen molar-refractivity contribution in [3.63, 3.8) is 0 Å². The number of hydrogen-bond donors (Lipinski definition) is 0. The lowest BCUT2D eigenvalue weighted by molar-refractivity contribution is 0.321. The highest BCUT2D eigenvalue weighted by atomic mass is 35.5. The molecule has 2 rings (SSSR count). The van der Waals surface area contributed by atoms with E-state index in [9.17, 15) is 0 Å². The molecule has 0 unspecified atom stereocenters. The lowest BCUT2D eigenvalue weighted by atomic mass is 9.85. The summed E-state index contributed by atoms with van der Waals surface area (Å²) >= 11 is 6.02. The second-order valence-corrected chi connectivity index (χ2v) is 5.79. The molecule has 1 aliphatic carbocycles. The van der Waals surface area contributed by atoms with Gasteiger partial charge in [-0.2, -0.15) is 0 Å². The van der Waals surface area contributed by atoms with Crippen molar-refractivity contribution >= 4 is 17.3 Å². The first-order valence-electron chi connectivity index (χ1n) is 6.74. The topological polar surface area (TPSA) is 29.0 Å². The van der Waals surface area contributed by atoms with Gasteiger partial charge in [0.15, 0.2) is 0 Å². The Hall–Kier alpha value is -0.830. The first-order valence-corrected chi connectivity index (χ1v) is 7.28. The molecule has 1 aliphatic rings. The van der Waals surface area contributed by atoms with Crippen molar-refractivity contribution < 1.29 is 0 Å². The van der Waals surface area contributed by atoms with Crippen LogP contribution in [0.15, 0.2) is 6.20 Å². The third-order valence-corrected chi connectivity index (χ3v) is 3.93. The Balaban J connectivity index is 2.15. The van der Waals surface area contributed by atoms with Crippen LogP contribution in [0.1, 0.15) is 50.5 Å². The fraction of sp³-hybridized carbons (Fsp3) is 0.714. The quantitative estimate of drug-likeness (QED) is 0.764. The van der Waals surface area contributed by atoms with E-state index in [1.54, 1.807) is 0 Å². The molecule has 0 amide bonds. The van der Waals surface area contributed by atoms with E-state index in [0.717, 1.165) is 29.7 Å². The second-order valence-electron chi connectivity index (χ2n) is 5.53. The van der Waals surface area contributed by atoms with Gasteiger partial charge in [-0.1, -0.05) is 20.3 Å². The number of alkyl halides is 1. The smallest absolute Gasteiger partial charge is 0.131 e. The number of nitrogens with zero attached hydrogens (tertiary/aromatic N) is 3. The molecule has 0 bridgehead atoms. The van der Waals surface area contributed by atoms with Crippen LogP contribution in [0.5, 0.6) is 0 Å². The van der Waals surface area contributed by atoms with Gasteiger partial charge in [-0.25, -0.2) is 9.97 Å². The molecule has 100 valence electrons. The van der Waals surface area contributed by atoms with Crippen LogP contribution in [-0.2, 0) is 5.88 Å². The summed E-state index contributed by atoms with van der Waals surface area (Å²) in [7, 11) is 2.11. The molecule has 1 heterocycles. The van der Waals surface area contributed by atoms with Crippen molar-refractivity contribution in [2.75, 3.05) is 18.5 Å². The Bertz CT molecular complexity index is 402. The molecule has 0 atom stereocenters. The first kappa shape index (κ1) is 13.6. The Morgan fingerprint density at radius 3 is 2.67 bits per heavy atom. The van der Waals surface area contributed by atoms with Gasteiger partial charge in [-0.15, -0.1) is 11.6 Å². The molecule has 0 N–H and O–H groups in total. The van der Waals surface area contributed by atoms with Crippen LogP contribution in [0.25, 0.3) is 0 Å². The summed E-state index contributed by atoms with van der Waals surface area (Å²) in [5.74, 6) is 2.51. The normalized spacial score (nSPS) is 15.8. The Morgan fingerprint density at radius 2 is 2.17 bits per heavy atom. The number of rotatable bonds is 5. The molecule has 3 nitrogen and oxygen atoms in total. The van der Waals surface area contributed by atoms with Crippen LogP contribution in [0.3, 0.4) is 0 Å². The van der Waals surface area contributed by atoms with Crippen molar-refractivity contribution in [1.82, 2.24) is 9.97 Å². The average molecular weight is 268 g/mol. The number of halogens is 1. The summed E-state index contributed by atoms with van der Waals surface area (Å²) in [6.45, 7) is 5.30. The molecule has 1 saturated carbocycles. The lowest BCUT2D eigenvalue weighted by Gasteiger charge is -2.31. The third kappa shape index (κ3) is 2.94. The van der Waals surface area contributed by atoms with Gasteiger partial charge in [0.1, 0.15) is 5.82 Å². The molecule has 0 saturated heterocycles. The van der Waals surface area contributed by atoms with Crippen molar-refractivity contribution in [2.45, 2.75) is 44.9 Å². The van der Waals surface area contributed by atoms with E-state index in [1.165, 1.54) is 19.3 Å². The molecule has 0 aromatic carbocycles. The zero-order chi connectivity index (χ0) is 13.1. The van der Waals surface area contributed by atoms with Crippen molar-refractivity contribution in [3.8, 4) is 0 Å². The molecule has 18 heavy (non-hydrogen) atoms. The minimum atomic E-state index is 0.345. The monoisotopic (exact) mass is 267 g/mol. The van der Waals surface area contributed by atoms with E-state index >= 15 is 0 Å². The van der Waals surface area contributed by atoms with Crippen molar-refractivity contribution in [3.05, 3.63) is 17.7 Å². The SMILES string of the molecule is CC(C)c1ncc(N(C)CC2CCC2)c(CCl)n1. The highest BCUT2D eigenvalue weighted by Gasteiger charge is 2.21. The van der Waals surface area contributed by atoms with Gasteiger partial charge in [0.2, 0.25) is 0 Å². The van der Waals surface area contributed by atoms with Crippen LogP contribution in [0.4, 0.5) is 5.69 Å². The van der Waals surface area contributed by atoms with Crippen LogP contribution in [0, 0.1) is 5.92 Å². The van der Waals surface area contributed by atoms with Crippen LogP contribution in [-0.4, -0.2) is 23.6 Å². The number of anilines is 1. The molecule has 4 heteroatoms. The summed E-state index contributed by atoms with van der Waals surface area (Å²) in [4.78, 5) is 11.3. The maximum absolute atomic E-state index is 6.02. The Kier molecular flexibility index (Phi) is 4.44. The second kappa shape index (κ2) is 5.87. The van der Waals surface area contributed by atoms with E-state index in [-0.39, 0.29) is 0 Å². The predicted octanol–water partition coefficient (Wildman–Crippen LogP) is 3.58. The van der Waals surface area contributed by atoms with Crippen molar-refractivity contribution in [2.24, 2.45) is 5.92 Å². The van der Waals surface area contributed by atoms with Crippen LogP contribution >= 0.6 is 11.6 Å². The summed E-state index contributed by atoms with van der Waals surface area (Å²) in [5, 5.41) is 0. The molecule has 1 aromatic rings. The minimum Gasteiger partial charge on any atom is -0.372 e.